The largest absolute Gasteiger partial charge is 0.421 e. The normalized spacial score (nSPS) is 11.7. The van der Waals surface area contributed by atoms with Gasteiger partial charge in [0.15, 0.2) is 5.82 Å². The lowest BCUT2D eigenvalue weighted by Crippen LogP contribution is -2.31. The molecule has 200 valence electrons. The van der Waals surface area contributed by atoms with E-state index in [1.807, 2.05) is 16.9 Å². The SMILES string of the molecule is CCCNS(=O)(=O)Nc1ccc(F)c(C(=O)c2c[nH]c3ncc(-c4ccc(-c5nnc(C)o5)cc4)cc23)c1F. The van der Waals surface area contributed by atoms with Gasteiger partial charge in [-0.3, -0.25) is 9.52 Å². The van der Waals surface area contributed by atoms with Crippen molar-refractivity contribution in [3.8, 4) is 22.6 Å². The van der Waals surface area contributed by atoms with E-state index in [0.29, 0.717) is 34.8 Å². The molecule has 0 aliphatic rings. The number of rotatable bonds is 9. The van der Waals surface area contributed by atoms with E-state index in [2.05, 4.69) is 24.9 Å². The van der Waals surface area contributed by atoms with E-state index in [4.69, 9.17) is 4.42 Å². The van der Waals surface area contributed by atoms with Gasteiger partial charge in [-0.2, -0.15) is 13.1 Å². The predicted octanol–water partition coefficient (Wildman–Crippen LogP) is 4.75. The van der Waals surface area contributed by atoms with Crippen LogP contribution < -0.4 is 9.44 Å². The number of hydrogen-bond donors (Lipinski definition) is 3. The fourth-order valence-corrected chi connectivity index (χ4v) is 4.95. The summed E-state index contributed by atoms with van der Waals surface area (Å²) in [6.45, 7) is 3.57. The minimum atomic E-state index is -4.12. The standard InChI is InChI=1S/C26H22F2N6O4S/c1-3-10-31-39(36,37)34-21-9-8-20(27)22(23(21)28)24(35)19-13-30-25-18(19)11-17(12-29-25)15-4-6-16(7-5-15)26-33-32-14(2)38-26/h4-9,11-13,31,34H,3,10H2,1-2H3,(H,29,30). The molecule has 0 atom stereocenters. The number of carbonyl (C=O) groups excluding carboxylic acids is 1. The maximum absolute atomic E-state index is 15.3. The molecule has 5 aromatic rings. The van der Waals surface area contributed by atoms with Gasteiger partial charge in [0.25, 0.3) is 10.2 Å². The van der Waals surface area contributed by atoms with Crippen LogP contribution in [-0.2, 0) is 10.2 Å². The summed E-state index contributed by atoms with van der Waals surface area (Å²) >= 11 is 0. The third-order valence-corrected chi connectivity index (χ3v) is 6.94. The number of aryl methyl sites for hydroxylation is 1. The number of pyridine rings is 1. The lowest BCUT2D eigenvalue weighted by atomic mass is 9.99. The van der Waals surface area contributed by atoms with Crippen LogP contribution in [-0.4, -0.2) is 40.9 Å². The number of hydrogen-bond acceptors (Lipinski definition) is 7. The minimum absolute atomic E-state index is 0.0285. The van der Waals surface area contributed by atoms with Crippen LogP contribution in [0.5, 0.6) is 0 Å². The number of nitrogens with zero attached hydrogens (tertiary/aromatic N) is 3. The van der Waals surface area contributed by atoms with Crippen LogP contribution in [0.2, 0.25) is 0 Å². The molecule has 39 heavy (non-hydrogen) atoms. The molecule has 0 saturated carbocycles. The molecule has 0 aliphatic carbocycles. The lowest BCUT2D eigenvalue weighted by Gasteiger charge is -2.12. The third kappa shape index (κ3) is 5.26. The highest BCUT2D eigenvalue weighted by atomic mass is 32.2. The van der Waals surface area contributed by atoms with Gasteiger partial charge in [0.1, 0.15) is 11.5 Å². The third-order valence-electron chi connectivity index (χ3n) is 5.87. The Labute approximate surface area is 221 Å². The first-order chi connectivity index (χ1) is 18.7. The zero-order valence-electron chi connectivity index (χ0n) is 20.7. The molecule has 0 bridgehead atoms. The molecule has 0 aliphatic heterocycles. The molecule has 2 aromatic carbocycles. The highest BCUT2D eigenvalue weighted by molar-refractivity contribution is 7.90. The second kappa shape index (κ2) is 10.3. The van der Waals surface area contributed by atoms with Gasteiger partial charge >= 0.3 is 0 Å². The molecule has 0 spiro atoms. The van der Waals surface area contributed by atoms with Crippen molar-refractivity contribution in [2.75, 3.05) is 11.3 Å². The molecule has 0 saturated heterocycles. The van der Waals surface area contributed by atoms with Crippen LogP contribution in [0.4, 0.5) is 14.5 Å². The van der Waals surface area contributed by atoms with Crippen molar-refractivity contribution in [2.45, 2.75) is 20.3 Å². The van der Waals surface area contributed by atoms with Crippen LogP contribution in [0.25, 0.3) is 33.6 Å². The zero-order chi connectivity index (χ0) is 27.7. The average Bonchev–Trinajstić information content (AvgIpc) is 3.55. The Balaban J connectivity index is 1.49. The Bertz CT molecular complexity index is 1800. The van der Waals surface area contributed by atoms with Gasteiger partial charge in [0.2, 0.25) is 17.6 Å². The van der Waals surface area contributed by atoms with Crippen molar-refractivity contribution in [3.63, 3.8) is 0 Å². The zero-order valence-corrected chi connectivity index (χ0v) is 21.6. The van der Waals surface area contributed by atoms with Crippen molar-refractivity contribution in [2.24, 2.45) is 0 Å². The van der Waals surface area contributed by atoms with E-state index in [1.165, 1.54) is 6.20 Å². The summed E-state index contributed by atoms with van der Waals surface area (Å²) in [6, 6.07) is 10.6. The fraction of sp³-hybridized carbons (Fsp3) is 0.154. The Morgan fingerprint density at radius 2 is 1.79 bits per heavy atom. The van der Waals surface area contributed by atoms with Gasteiger partial charge in [0, 0.05) is 47.9 Å². The first-order valence-electron chi connectivity index (χ1n) is 11.8. The summed E-state index contributed by atoms with van der Waals surface area (Å²) in [7, 11) is -4.12. The summed E-state index contributed by atoms with van der Waals surface area (Å²) in [5, 5.41) is 8.15. The summed E-state index contributed by atoms with van der Waals surface area (Å²) in [5.41, 5.74) is 0.985. The number of aromatic amines is 1. The number of anilines is 1. The van der Waals surface area contributed by atoms with Crippen LogP contribution in [0, 0.1) is 18.6 Å². The molecule has 0 unspecified atom stereocenters. The second-order valence-corrected chi connectivity index (χ2v) is 10.1. The second-order valence-electron chi connectivity index (χ2n) is 8.64. The van der Waals surface area contributed by atoms with Crippen LogP contribution in [0.3, 0.4) is 0 Å². The summed E-state index contributed by atoms with van der Waals surface area (Å²) in [6.07, 6.45) is 3.41. The van der Waals surface area contributed by atoms with Gasteiger partial charge in [-0.1, -0.05) is 19.1 Å². The van der Waals surface area contributed by atoms with Crippen LogP contribution >= 0.6 is 0 Å². The first kappa shape index (κ1) is 26.1. The Kier molecular flexibility index (Phi) is 6.93. The van der Waals surface area contributed by atoms with Crippen molar-refractivity contribution in [1.82, 2.24) is 24.9 Å². The quantitative estimate of drug-likeness (QED) is 0.224. The van der Waals surface area contributed by atoms with E-state index in [1.54, 1.807) is 38.2 Å². The number of aromatic nitrogens is 4. The summed E-state index contributed by atoms with van der Waals surface area (Å²) in [4.78, 5) is 20.5. The first-order valence-corrected chi connectivity index (χ1v) is 13.3. The van der Waals surface area contributed by atoms with Crippen LogP contribution in [0.15, 0.2) is 59.3 Å². The van der Waals surface area contributed by atoms with Crippen LogP contribution in [0.1, 0.15) is 35.2 Å². The number of carbonyl (C=O) groups is 1. The molecule has 0 radical (unpaired) electrons. The number of benzene rings is 2. The number of nitrogens with one attached hydrogen (secondary N) is 3. The smallest absolute Gasteiger partial charge is 0.299 e. The van der Waals surface area contributed by atoms with Gasteiger partial charge in [-0.25, -0.2) is 13.8 Å². The van der Waals surface area contributed by atoms with Crippen molar-refractivity contribution >= 4 is 32.7 Å². The molecule has 3 aromatic heterocycles. The Morgan fingerprint density at radius 3 is 2.49 bits per heavy atom. The van der Waals surface area contributed by atoms with Gasteiger partial charge in [-0.05, 0) is 42.3 Å². The summed E-state index contributed by atoms with van der Waals surface area (Å²) < 4.78 is 64.0. The monoisotopic (exact) mass is 552 g/mol. The number of H-pyrrole nitrogens is 1. The molecule has 13 heteroatoms. The lowest BCUT2D eigenvalue weighted by molar-refractivity contribution is 0.103. The van der Waals surface area contributed by atoms with Crippen molar-refractivity contribution in [1.29, 1.82) is 0 Å². The number of halogens is 2. The molecule has 3 N–H and O–H groups in total. The predicted molar refractivity (Wildman–Crippen MR) is 140 cm³/mol. The maximum atomic E-state index is 15.3. The van der Waals surface area contributed by atoms with E-state index in [-0.39, 0.29) is 12.1 Å². The highest BCUT2D eigenvalue weighted by Gasteiger charge is 2.26. The summed E-state index contributed by atoms with van der Waals surface area (Å²) in [5.74, 6) is -2.61. The molecular formula is C26H22F2N6O4S. The minimum Gasteiger partial charge on any atom is -0.421 e. The Morgan fingerprint density at radius 1 is 1.05 bits per heavy atom. The van der Waals surface area contributed by atoms with Gasteiger partial charge < -0.3 is 9.40 Å². The van der Waals surface area contributed by atoms with Crippen molar-refractivity contribution < 1.29 is 26.4 Å². The molecule has 10 nitrogen and oxygen atoms in total. The molecular weight excluding hydrogens is 530 g/mol. The van der Waals surface area contributed by atoms with Gasteiger partial charge in [-0.15, -0.1) is 10.2 Å². The number of fused-ring (bicyclic) bond motifs is 1. The van der Waals surface area contributed by atoms with E-state index in [0.717, 1.165) is 23.3 Å². The molecule has 3 heterocycles. The van der Waals surface area contributed by atoms with Crippen molar-refractivity contribution in [3.05, 3.63) is 83.5 Å². The maximum Gasteiger partial charge on any atom is 0.299 e. The molecule has 0 fully saturated rings. The molecule has 0 amide bonds. The topological polar surface area (TPSA) is 143 Å². The highest BCUT2D eigenvalue weighted by Crippen LogP contribution is 2.30. The average molecular weight is 553 g/mol. The number of ketones is 1. The molecule has 5 rings (SSSR count). The van der Waals surface area contributed by atoms with E-state index >= 15 is 4.39 Å². The van der Waals surface area contributed by atoms with Gasteiger partial charge in [0.05, 0.1) is 11.3 Å². The Hall–Kier alpha value is -4.49. The fourth-order valence-electron chi connectivity index (χ4n) is 3.96. The van der Waals surface area contributed by atoms with E-state index < -0.39 is 38.9 Å². The van der Waals surface area contributed by atoms with E-state index in [9.17, 15) is 17.6 Å².